The summed E-state index contributed by atoms with van der Waals surface area (Å²) >= 11 is 0. The highest BCUT2D eigenvalue weighted by Crippen LogP contribution is 2.62. The molecular formula is C23H36NO5P. The van der Waals surface area contributed by atoms with Gasteiger partial charge in [-0.25, -0.2) is 9.59 Å². The van der Waals surface area contributed by atoms with Gasteiger partial charge in [0.05, 0.1) is 5.60 Å². The van der Waals surface area contributed by atoms with Gasteiger partial charge in [-0.05, 0) is 76.0 Å². The second-order valence-corrected chi connectivity index (χ2v) is 11.5. The molecular weight excluding hydrogens is 401 g/mol. The highest BCUT2D eigenvalue weighted by molar-refractivity contribution is 7.18. The number of hydrogen-bond acceptors (Lipinski definition) is 6. The SMILES string of the molecule is C=C(C)C(=O)OC12CC3CC(C1)[C@H](C)C(OC(N)C(=O)OC1(P)CCCCC1)(C3)C2. The van der Waals surface area contributed by atoms with Crippen LogP contribution in [0.15, 0.2) is 12.2 Å². The van der Waals surface area contributed by atoms with Gasteiger partial charge in [-0.1, -0.05) is 29.2 Å². The Bertz CT molecular complexity index is 735. The lowest BCUT2D eigenvalue weighted by atomic mass is 9.48. The highest BCUT2D eigenvalue weighted by Gasteiger charge is 2.64. The Labute approximate surface area is 181 Å². The topological polar surface area (TPSA) is 87.9 Å². The van der Waals surface area contributed by atoms with Crippen molar-refractivity contribution in [1.29, 1.82) is 0 Å². The summed E-state index contributed by atoms with van der Waals surface area (Å²) in [7, 11) is 2.71. The Morgan fingerprint density at radius 2 is 1.83 bits per heavy atom. The van der Waals surface area contributed by atoms with Crippen molar-refractivity contribution in [1.82, 2.24) is 0 Å². The quantitative estimate of drug-likeness (QED) is 0.294. The van der Waals surface area contributed by atoms with E-state index in [2.05, 4.69) is 22.7 Å². The van der Waals surface area contributed by atoms with E-state index in [4.69, 9.17) is 19.9 Å². The Balaban J connectivity index is 1.49. The van der Waals surface area contributed by atoms with Gasteiger partial charge in [0.1, 0.15) is 10.9 Å². The molecule has 5 saturated carbocycles. The van der Waals surface area contributed by atoms with Crippen LogP contribution in [0, 0.1) is 17.8 Å². The maximum atomic E-state index is 12.8. The largest absolute Gasteiger partial charge is 0.456 e. The van der Waals surface area contributed by atoms with Crippen LogP contribution < -0.4 is 5.73 Å². The predicted molar refractivity (Wildman–Crippen MR) is 116 cm³/mol. The zero-order valence-corrected chi connectivity index (χ0v) is 19.4. The van der Waals surface area contributed by atoms with E-state index >= 15 is 0 Å². The van der Waals surface area contributed by atoms with Crippen LogP contribution in [0.25, 0.3) is 0 Å². The Morgan fingerprint density at radius 1 is 1.13 bits per heavy atom. The molecule has 5 aliphatic carbocycles. The van der Waals surface area contributed by atoms with E-state index in [9.17, 15) is 9.59 Å². The van der Waals surface area contributed by atoms with Crippen molar-refractivity contribution < 1.29 is 23.8 Å². The van der Waals surface area contributed by atoms with E-state index < -0.39 is 28.7 Å². The fourth-order valence-electron chi connectivity index (χ4n) is 6.66. The molecule has 0 aromatic carbocycles. The smallest absolute Gasteiger partial charge is 0.351 e. The number of rotatable bonds is 6. The molecule has 0 amide bonds. The number of nitrogens with two attached hydrogens (primary N) is 1. The van der Waals surface area contributed by atoms with Crippen molar-refractivity contribution in [3.05, 3.63) is 12.2 Å². The van der Waals surface area contributed by atoms with Gasteiger partial charge in [-0.2, -0.15) is 0 Å². The summed E-state index contributed by atoms with van der Waals surface area (Å²) in [4.78, 5) is 25.1. The summed E-state index contributed by atoms with van der Waals surface area (Å²) in [6.45, 7) is 7.59. The van der Waals surface area contributed by atoms with E-state index in [1.54, 1.807) is 6.92 Å². The Morgan fingerprint density at radius 3 is 2.50 bits per heavy atom. The third-order valence-electron chi connectivity index (χ3n) is 7.98. The molecule has 5 fully saturated rings. The van der Waals surface area contributed by atoms with Gasteiger partial charge in [0.25, 0.3) is 0 Å². The number of carbonyl (C=O) groups is 2. The first-order chi connectivity index (χ1) is 14.1. The summed E-state index contributed by atoms with van der Waals surface area (Å²) in [6, 6.07) is 0. The van der Waals surface area contributed by atoms with E-state index in [-0.39, 0.29) is 11.9 Å². The second kappa shape index (κ2) is 7.86. The van der Waals surface area contributed by atoms with Gasteiger partial charge in [-0.3, -0.25) is 5.73 Å². The lowest BCUT2D eigenvalue weighted by molar-refractivity contribution is -0.268. The molecule has 0 saturated heterocycles. The van der Waals surface area contributed by atoms with Crippen molar-refractivity contribution in [2.75, 3.05) is 0 Å². The average molecular weight is 438 g/mol. The number of ether oxygens (including phenoxy) is 3. The zero-order valence-electron chi connectivity index (χ0n) is 18.3. The molecule has 0 aromatic rings. The molecule has 0 aliphatic heterocycles. The second-order valence-electron chi connectivity index (χ2n) is 10.4. The van der Waals surface area contributed by atoms with Crippen LogP contribution in [-0.4, -0.2) is 34.7 Å². The van der Waals surface area contributed by atoms with E-state index in [0.717, 1.165) is 51.4 Å². The molecule has 2 N–H and O–H groups in total. The fraction of sp³-hybridized carbons (Fsp3) is 0.826. The highest BCUT2D eigenvalue weighted by atomic mass is 31.0. The first-order valence-corrected chi connectivity index (χ1v) is 12.0. The summed E-state index contributed by atoms with van der Waals surface area (Å²) in [6.07, 6.45) is 8.07. The van der Waals surface area contributed by atoms with E-state index in [0.29, 0.717) is 23.8 Å². The molecule has 6 unspecified atom stereocenters. The fourth-order valence-corrected chi connectivity index (χ4v) is 7.18. The van der Waals surface area contributed by atoms with Crippen molar-refractivity contribution in [3.8, 4) is 0 Å². The third kappa shape index (κ3) is 4.08. The minimum atomic E-state index is -1.13. The van der Waals surface area contributed by atoms with Crippen LogP contribution in [0.3, 0.4) is 0 Å². The summed E-state index contributed by atoms with van der Waals surface area (Å²) in [5.74, 6) is 0.234. The molecule has 168 valence electrons. The molecule has 0 spiro atoms. The lowest BCUT2D eigenvalue weighted by Crippen LogP contribution is -2.67. The lowest BCUT2D eigenvalue weighted by Gasteiger charge is -2.64. The molecule has 5 aliphatic rings. The van der Waals surface area contributed by atoms with E-state index in [1.165, 1.54) is 6.42 Å². The van der Waals surface area contributed by atoms with Crippen molar-refractivity contribution in [2.24, 2.45) is 23.5 Å². The number of carbonyl (C=O) groups excluding carboxylic acids is 2. The van der Waals surface area contributed by atoms with Crippen molar-refractivity contribution in [3.63, 3.8) is 0 Å². The monoisotopic (exact) mass is 437 g/mol. The van der Waals surface area contributed by atoms with E-state index in [1.807, 2.05) is 0 Å². The normalized spacial score (nSPS) is 39.9. The maximum Gasteiger partial charge on any atom is 0.351 e. The molecule has 0 aromatic heterocycles. The first kappa shape index (κ1) is 22.2. The Hall–Kier alpha value is -0.970. The van der Waals surface area contributed by atoms with Crippen LogP contribution in [0.5, 0.6) is 0 Å². The number of hydrogen-bond donors (Lipinski definition) is 1. The van der Waals surface area contributed by atoms with Crippen LogP contribution in [0.2, 0.25) is 0 Å². The molecule has 7 heteroatoms. The summed E-state index contributed by atoms with van der Waals surface area (Å²) in [5, 5.41) is -0.526. The van der Waals surface area contributed by atoms with Gasteiger partial charge in [-0.15, -0.1) is 0 Å². The van der Waals surface area contributed by atoms with Gasteiger partial charge in [0, 0.05) is 12.0 Å². The molecule has 0 heterocycles. The van der Waals surface area contributed by atoms with Gasteiger partial charge in [0.15, 0.2) is 0 Å². The van der Waals surface area contributed by atoms with Gasteiger partial charge < -0.3 is 14.2 Å². The van der Waals surface area contributed by atoms with Crippen LogP contribution in [-0.2, 0) is 23.8 Å². The van der Waals surface area contributed by atoms with Gasteiger partial charge >= 0.3 is 11.9 Å². The minimum absolute atomic E-state index is 0.254. The van der Waals surface area contributed by atoms with Crippen LogP contribution in [0.1, 0.15) is 78.1 Å². The Kier molecular flexibility index (Phi) is 5.83. The molecule has 0 radical (unpaired) electrons. The molecule has 30 heavy (non-hydrogen) atoms. The van der Waals surface area contributed by atoms with Crippen LogP contribution in [0.4, 0.5) is 0 Å². The zero-order chi connectivity index (χ0) is 21.7. The number of esters is 2. The van der Waals surface area contributed by atoms with Crippen molar-refractivity contribution in [2.45, 2.75) is 101 Å². The van der Waals surface area contributed by atoms with Gasteiger partial charge in [0.2, 0.25) is 6.23 Å². The summed E-state index contributed by atoms with van der Waals surface area (Å²) in [5.41, 5.74) is 5.56. The molecule has 5 rings (SSSR count). The minimum Gasteiger partial charge on any atom is -0.456 e. The molecule has 7 atom stereocenters. The van der Waals surface area contributed by atoms with Crippen molar-refractivity contribution >= 4 is 21.2 Å². The third-order valence-corrected chi connectivity index (χ3v) is 8.67. The predicted octanol–water partition coefficient (Wildman–Crippen LogP) is 3.82. The molecule has 4 bridgehead atoms. The molecule has 6 nitrogen and oxygen atoms in total. The standard InChI is InChI=1S/C23H36NO5P/c1-14(2)19(25)28-21-10-16-9-17(12-21)15(3)22(11-16,13-21)27-18(24)20(26)29-23(30)7-5-4-6-8-23/h15-18H,1,4-13,24,30H2,2-3H3/t15-,16?,17?,18?,21?,22?/m0/s1. The maximum absolute atomic E-state index is 12.8. The van der Waals surface area contributed by atoms with Crippen LogP contribution >= 0.6 is 9.24 Å². The summed E-state index contributed by atoms with van der Waals surface area (Å²) < 4.78 is 18.1. The average Bonchev–Trinajstić information content (AvgIpc) is 2.65. The first-order valence-electron chi connectivity index (χ1n) is 11.4.